The van der Waals surface area contributed by atoms with Crippen LogP contribution in [-0.2, 0) is 11.2 Å². The minimum atomic E-state index is -0.0573. The van der Waals surface area contributed by atoms with E-state index in [1.807, 2.05) is 4.90 Å². The molecule has 2 aliphatic rings. The summed E-state index contributed by atoms with van der Waals surface area (Å²) in [7, 11) is 3.05. The van der Waals surface area contributed by atoms with Crippen molar-refractivity contribution in [1.29, 1.82) is 0 Å². The highest BCUT2D eigenvalue weighted by Crippen LogP contribution is 2.28. The fourth-order valence-electron chi connectivity index (χ4n) is 4.32. The van der Waals surface area contributed by atoms with Crippen LogP contribution in [0, 0.1) is 5.92 Å². The van der Waals surface area contributed by atoms with Gasteiger partial charge in [-0.05, 0) is 44.1 Å². The highest BCUT2D eigenvalue weighted by molar-refractivity contribution is 5.96. The van der Waals surface area contributed by atoms with Gasteiger partial charge in [0.1, 0.15) is 5.56 Å². The van der Waals surface area contributed by atoms with E-state index in [9.17, 15) is 4.79 Å². The number of rotatable bonds is 7. The molecule has 1 amide bonds. The van der Waals surface area contributed by atoms with E-state index in [1.54, 1.807) is 12.1 Å². The second-order valence-electron chi connectivity index (χ2n) is 8.14. The molecule has 4 rings (SSSR count). The maximum atomic E-state index is 13.1. The Morgan fingerprint density at radius 2 is 2.00 bits per heavy atom. The van der Waals surface area contributed by atoms with Crippen LogP contribution in [0.3, 0.4) is 0 Å². The van der Waals surface area contributed by atoms with Gasteiger partial charge in [-0.3, -0.25) is 4.79 Å². The quantitative estimate of drug-likeness (QED) is 0.661. The van der Waals surface area contributed by atoms with Crippen LogP contribution in [0.5, 0.6) is 11.8 Å². The molecule has 4 heterocycles. The maximum Gasteiger partial charge on any atom is 0.259 e. The molecule has 168 valence electrons. The molecule has 2 fully saturated rings. The topological polar surface area (TPSA) is 99.8 Å². The zero-order valence-electron chi connectivity index (χ0n) is 18.2. The third-order valence-corrected chi connectivity index (χ3v) is 6.10. The second kappa shape index (κ2) is 10.1. The Labute approximate surface area is 182 Å². The number of amides is 1. The summed E-state index contributed by atoms with van der Waals surface area (Å²) in [6.07, 6.45) is 5.62. The van der Waals surface area contributed by atoms with Crippen LogP contribution in [0.25, 0.3) is 0 Å². The predicted octanol–water partition coefficient (Wildman–Crippen LogP) is 2.86. The lowest BCUT2D eigenvalue weighted by Crippen LogP contribution is -2.40. The highest BCUT2D eigenvalue weighted by Gasteiger charge is 2.28. The van der Waals surface area contributed by atoms with Crippen LogP contribution >= 0.6 is 0 Å². The summed E-state index contributed by atoms with van der Waals surface area (Å²) < 4.78 is 21.3. The fraction of sp³-hybridized carbons (Fsp3) is 0.636. The molecule has 2 aliphatic heterocycles. The van der Waals surface area contributed by atoms with E-state index in [1.165, 1.54) is 14.2 Å². The van der Waals surface area contributed by atoms with Crippen molar-refractivity contribution in [1.82, 2.24) is 20.0 Å². The third-order valence-electron chi connectivity index (χ3n) is 6.10. The monoisotopic (exact) mass is 430 g/mol. The van der Waals surface area contributed by atoms with Gasteiger partial charge in [0.2, 0.25) is 17.7 Å². The Morgan fingerprint density at radius 3 is 2.77 bits per heavy atom. The summed E-state index contributed by atoms with van der Waals surface area (Å²) in [5.41, 5.74) is 0.461. The number of nitrogens with zero attached hydrogens (tertiary/aromatic N) is 4. The third kappa shape index (κ3) is 5.15. The van der Waals surface area contributed by atoms with Crippen LogP contribution < -0.4 is 9.47 Å². The Kier molecular flexibility index (Phi) is 7.01. The van der Waals surface area contributed by atoms with Crippen molar-refractivity contribution in [3.8, 4) is 11.8 Å². The first-order chi connectivity index (χ1) is 15.2. The minimum Gasteiger partial charge on any atom is -0.481 e. The summed E-state index contributed by atoms with van der Waals surface area (Å²) in [5, 5.41) is 4.17. The number of likely N-dealkylation sites (tertiary alicyclic amines) is 1. The smallest absolute Gasteiger partial charge is 0.259 e. The van der Waals surface area contributed by atoms with Crippen LogP contribution in [0.4, 0.5) is 0 Å². The van der Waals surface area contributed by atoms with E-state index >= 15 is 0 Å². The molecule has 1 unspecified atom stereocenters. The summed E-state index contributed by atoms with van der Waals surface area (Å²) >= 11 is 0. The van der Waals surface area contributed by atoms with Crippen LogP contribution in [0.15, 0.2) is 16.7 Å². The fourth-order valence-corrected chi connectivity index (χ4v) is 4.32. The molecular formula is C22H30N4O5. The number of aryl methyl sites for hydroxylation is 1. The van der Waals surface area contributed by atoms with Crippen LogP contribution in [0.1, 0.15) is 60.1 Å². The predicted molar refractivity (Wildman–Crippen MR) is 111 cm³/mol. The number of piperidine rings is 1. The van der Waals surface area contributed by atoms with Crippen molar-refractivity contribution in [2.24, 2.45) is 5.92 Å². The first-order valence-corrected chi connectivity index (χ1v) is 11.0. The average Bonchev–Trinajstić information content (AvgIpc) is 3.32. The molecule has 2 saturated heterocycles. The average molecular weight is 431 g/mol. The van der Waals surface area contributed by atoms with Gasteiger partial charge in [0, 0.05) is 44.7 Å². The SMILES string of the molecule is COc1ccc(C(=O)N2CCCC(CCc3noc(C4CCOCC4)n3)C2)c(OC)n1. The lowest BCUT2D eigenvalue weighted by atomic mass is 9.93. The number of methoxy groups -OCH3 is 2. The molecule has 0 aromatic carbocycles. The van der Waals surface area contributed by atoms with Crippen LogP contribution in [-0.4, -0.2) is 66.5 Å². The molecule has 0 bridgehead atoms. The van der Waals surface area contributed by atoms with E-state index in [2.05, 4.69) is 15.1 Å². The molecule has 0 saturated carbocycles. The zero-order chi connectivity index (χ0) is 21.6. The number of aromatic nitrogens is 3. The molecule has 0 N–H and O–H groups in total. The standard InChI is InChI=1S/C22H30N4O5/c1-28-19-8-6-17(21(24-19)29-2)22(27)26-11-3-4-15(14-26)5-7-18-23-20(31-25-18)16-9-12-30-13-10-16/h6,8,15-16H,3-5,7,9-14H2,1-2H3. The summed E-state index contributed by atoms with van der Waals surface area (Å²) in [6.45, 7) is 2.95. The van der Waals surface area contributed by atoms with E-state index in [4.69, 9.17) is 18.7 Å². The van der Waals surface area contributed by atoms with E-state index < -0.39 is 0 Å². The van der Waals surface area contributed by atoms with E-state index in [0.29, 0.717) is 35.7 Å². The molecule has 9 heteroatoms. The Hall–Kier alpha value is -2.68. The first-order valence-electron chi connectivity index (χ1n) is 11.0. The first kappa shape index (κ1) is 21.5. The lowest BCUT2D eigenvalue weighted by molar-refractivity contribution is 0.0663. The number of hydrogen-bond acceptors (Lipinski definition) is 8. The summed E-state index contributed by atoms with van der Waals surface area (Å²) in [6, 6.07) is 3.40. The van der Waals surface area contributed by atoms with Gasteiger partial charge in [0.15, 0.2) is 5.82 Å². The molecule has 1 atom stereocenters. The van der Waals surface area contributed by atoms with Gasteiger partial charge in [-0.15, -0.1) is 0 Å². The largest absolute Gasteiger partial charge is 0.481 e. The number of carbonyl (C=O) groups excluding carboxylic acids is 1. The Balaban J connectivity index is 1.33. The molecular weight excluding hydrogens is 400 g/mol. The van der Waals surface area contributed by atoms with Gasteiger partial charge in [-0.2, -0.15) is 9.97 Å². The number of hydrogen-bond donors (Lipinski definition) is 0. The van der Waals surface area contributed by atoms with Crippen molar-refractivity contribution in [2.75, 3.05) is 40.5 Å². The highest BCUT2D eigenvalue weighted by atomic mass is 16.5. The molecule has 0 aliphatic carbocycles. The van der Waals surface area contributed by atoms with Gasteiger partial charge in [0.05, 0.1) is 14.2 Å². The van der Waals surface area contributed by atoms with Gasteiger partial charge in [-0.25, -0.2) is 0 Å². The van der Waals surface area contributed by atoms with Crippen molar-refractivity contribution < 1.29 is 23.5 Å². The number of pyridine rings is 1. The van der Waals surface area contributed by atoms with Crippen molar-refractivity contribution >= 4 is 5.91 Å². The number of ether oxygens (including phenoxy) is 3. The van der Waals surface area contributed by atoms with Gasteiger partial charge < -0.3 is 23.6 Å². The van der Waals surface area contributed by atoms with Gasteiger partial charge >= 0.3 is 0 Å². The second-order valence-corrected chi connectivity index (χ2v) is 8.14. The lowest BCUT2D eigenvalue weighted by Gasteiger charge is -2.33. The van der Waals surface area contributed by atoms with Crippen molar-refractivity contribution in [2.45, 2.75) is 44.4 Å². The summed E-state index contributed by atoms with van der Waals surface area (Å²) in [4.78, 5) is 23.8. The van der Waals surface area contributed by atoms with Gasteiger partial charge in [-0.1, -0.05) is 5.16 Å². The Bertz CT molecular complexity index is 881. The molecule has 31 heavy (non-hydrogen) atoms. The molecule has 2 aromatic rings. The molecule has 9 nitrogen and oxygen atoms in total. The zero-order valence-corrected chi connectivity index (χ0v) is 18.2. The van der Waals surface area contributed by atoms with Crippen molar-refractivity contribution in [3.63, 3.8) is 0 Å². The van der Waals surface area contributed by atoms with E-state index in [-0.39, 0.29) is 5.91 Å². The molecule has 0 radical (unpaired) electrons. The minimum absolute atomic E-state index is 0.0573. The van der Waals surface area contributed by atoms with Crippen molar-refractivity contribution in [3.05, 3.63) is 29.4 Å². The molecule has 2 aromatic heterocycles. The Morgan fingerprint density at radius 1 is 1.16 bits per heavy atom. The number of carbonyl (C=O) groups is 1. The van der Waals surface area contributed by atoms with Gasteiger partial charge in [0.25, 0.3) is 5.91 Å². The van der Waals surface area contributed by atoms with E-state index in [0.717, 1.165) is 70.0 Å². The normalized spacial score (nSPS) is 19.9. The maximum absolute atomic E-state index is 13.1. The summed E-state index contributed by atoms with van der Waals surface area (Å²) in [5.74, 6) is 2.86. The molecule has 0 spiro atoms. The van der Waals surface area contributed by atoms with Crippen LogP contribution in [0.2, 0.25) is 0 Å².